The molecule has 1 aromatic heterocycles. The van der Waals surface area contributed by atoms with Crippen LogP contribution in [0.1, 0.15) is 0 Å². The molecule has 1 N–H and O–H groups in total. The van der Waals surface area contributed by atoms with Gasteiger partial charge in [0.2, 0.25) is 0 Å². The Morgan fingerprint density at radius 3 is 2.81 bits per heavy atom. The SMILES string of the molecule is Oc1cc[c]cc1-n1ccc2ccccc21. The molecular formula is C14H10NO. The maximum Gasteiger partial charge on any atom is 0.139 e. The molecule has 3 rings (SSSR count). The number of rotatable bonds is 1. The number of hydrogen-bond donors (Lipinski definition) is 1. The van der Waals surface area contributed by atoms with E-state index in [1.807, 2.05) is 35.0 Å². The van der Waals surface area contributed by atoms with E-state index in [9.17, 15) is 5.11 Å². The number of aromatic hydroxyl groups is 1. The van der Waals surface area contributed by atoms with Crippen molar-refractivity contribution < 1.29 is 5.11 Å². The van der Waals surface area contributed by atoms with Gasteiger partial charge in [0.25, 0.3) is 0 Å². The maximum absolute atomic E-state index is 9.80. The summed E-state index contributed by atoms with van der Waals surface area (Å²) in [5, 5.41) is 11.0. The van der Waals surface area contributed by atoms with Crippen molar-refractivity contribution in [3.63, 3.8) is 0 Å². The predicted molar refractivity (Wildman–Crippen MR) is 63.8 cm³/mol. The number of nitrogens with zero attached hydrogens (tertiary/aromatic N) is 1. The lowest BCUT2D eigenvalue weighted by atomic mass is 10.2. The van der Waals surface area contributed by atoms with E-state index in [4.69, 9.17) is 0 Å². The smallest absolute Gasteiger partial charge is 0.139 e. The van der Waals surface area contributed by atoms with Crippen LogP contribution in [0.3, 0.4) is 0 Å². The zero-order valence-electron chi connectivity index (χ0n) is 8.59. The minimum atomic E-state index is 0.264. The maximum atomic E-state index is 9.80. The van der Waals surface area contributed by atoms with Crippen molar-refractivity contribution in [2.75, 3.05) is 0 Å². The van der Waals surface area contributed by atoms with Gasteiger partial charge in [0.05, 0.1) is 11.2 Å². The first kappa shape index (κ1) is 9.04. The van der Waals surface area contributed by atoms with Crippen molar-refractivity contribution in [1.82, 2.24) is 4.57 Å². The van der Waals surface area contributed by atoms with Gasteiger partial charge in [-0.3, -0.25) is 0 Å². The Morgan fingerprint density at radius 2 is 1.94 bits per heavy atom. The molecule has 0 bridgehead atoms. The van der Waals surface area contributed by atoms with Crippen LogP contribution < -0.4 is 0 Å². The molecule has 2 aromatic carbocycles. The quantitative estimate of drug-likeness (QED) is 0.653. The second kappa shape index (κ2) is 3.42. The highest BCUT2D eigenvalue weighted by molar-refractivity contribution is 5.82. The molecular weight excluding hydrogens is 198 g/mol. The topological polar surface area (TPSA) is 25.2 Å². The molecule has 0 fully saturated rings. The first-order valence-corrected chi connectivity index (χ1v) is 5.12. The summed E-state index contributed by atoms with van der Waals surface area (Å²) in [5.74, 6) is 0.264. The molecule has 0 aliphatic heterocycles. The molecule has 3 aromatic rings. The van der Waals surface area contributed by atoms with Gasteiger partial charge in [-0.25, -0.2) is 0 Å². The highest BCUT2D eigenvalue weighted by atomic mass is 16.3. The number of fused-ring (bicyclic) bond motifs is 1. The summed E-state index contributed by atoms with van der Waals surface area (Å²) in [6, 6.07) is 18.2. The Hall–Kier alpha value is -2.22. The third kappa shape index (κ3) is 1.27. The Labute approximate surface area is 93.4 Å². The van der Waals surface area contributed by atoms with Gasteiger partial charge in [0.15, 0.2) is 0 Å². The van der Waals surface area contributed by atoms with Crippen LogP contribution in [0.25, 0.3) is 16.6 Å². The highest BCUT2D eigenvalue weighted by Crippen LogP contribution is 2.25. The van der Waals surface area contributed by atoms with E-state index >= 15 is 0 Å². The molecule has 1 radical (unpaired) electrons. The molecule has 0 unspecified atom stereocenters. The van der Waals surface area contributed by atoms with Crippen molar-refractivity contribution in [3.8, 4) is 11.4 Å². The molecule has 0 saturated heterocycles. The van der Waals surface area contributed by atoms with Crippen molar-refractivity contribution in [2.45, 2.75) is 0 Å². The van der Waals surface area contributed by atoms with Crippen LogP contribution in [-0.4, -0.2) is 9.67 Å². The van der Waals surface area contributed by atoms with E-state index < -0.39 is 0 Å². The van der Waals surface area contributed by atoms with Crippen LogP contribution in [0.2, 0.25) is 0 Å². The van der Waals surface area contributed by atoms with E-state index in [-0.39, 0.29) is 5.75 Å². The summed E-state index contributed by atoms with van der Waals surface area (Å²) >= 11 is 0. The predicted octanol–water partition coefficient (Wildman–Crippen LogP) is 3.14. The van der Waals surface area contributed by atoms with Gasteiger partial charge in [0, 0.05) is 6.20 Å². The zero-order valence-corrected chi connectivity index (χ0v) is 8.59. The normalized spacial score (nSPS) is 10.8. The number of aromatic nitrogens is 1. The summed E-state index contributed by atoms with van der Waals surface area (Å²) in [6.45, 7) is 0. The summed E-state index contributed by atoms with van der Waals surface area (Å²) in [7, 11) is 0. The summed E-state index contributed by atoms with van der Waals surface area (Å²) in [6.07, 6.45) is 1.95. The van der Waals surface area contributed by atoms with Crippen LogP contribution in [0.4, 0.5) is 0 Å². The second-order valence-corrected chi connectivity index (χ2v) is 3.66. The first-order valence-electron chi connectivity index (χ1n) is 5.12. The Balaban J connectivity index is 2.31. The molecule has 0 spiro atoms. The van der Waals surface area contributed by atoms with Crippen LogP contribution in [-0.2, 0) is 0 Å². The lowest BCUT2D eigenvalue weighted by Gasteiger charge is -2.06. The van der Waals surface area contributed by atoms with Crippen molar-refractivity contribution in [1.29, 1.82) is 0 Å². The minimum absolute atomic E-state index is 0.264. The molecule has 1 heterocycles. The number of phenols is 1. The second-order valence-electron chi connectivity index (χ2n) is 3.66. The largest absolute Gasteiger partial charge is 0.506 e. The number of hydrogen-bond acceptors (Lipinski definition) is 1. The van der Waals surface area contributed by atoms with E-state index in [0.717, 1.165) is 16.6 Å². The zero-order chi connectivity index (χ0) is 11.0. The molecule has 0 amide bonds. The molecule has 16 heavy (non-hydrogen) atoms. The number of benzene rings is 2. The van der Waals surface area contributed by atoms with Crippen molar-refractivity contribution >= 4 is 10.9 Å². The fourth-order valence-electron chi connectivity index (χ4n) is 1.90. The molecule has 77 valence electrons. The van der Waals surface area contributed by atoms with E-state index in [2.05, 4.69) is 12.1 Å². The molecule has 2 heteroatoms. The van der Waals surface area contributed by atoms with Gasteiger partial charge < -0.3 is 9.67 Å². The Morgan fingerprint density at radius 1 is 1.06 bits per heavy atom. The average Bonchev–Trinajstić information content (AvgIpc) is 2.74. The molecule has 0 aliphatic rings. The lowest BCUT2D eigenvalue weighted by molar-refractivity contribution is 0.472. The van der Waals surface area contributed by atoms with E-state index in [0.29, 0.717) is 0 Å². The third-order valence-corrected chi connectivity index (χ3v) is 2.68. The van der Waals surface area contributed by atoms with Crippen LogP contribution in [0.15, 0.2) is 54.7 Å². The average molecular weight is 208 g/mol. The summed E-state index contributed by atoms with van der Waals surface area (Å²) in [5.41, 5.74) is 1.83. The van der Waals surface area contributed by atoms with Gasteiger partial charge in [-0.2, -0.15) is 0 Å². The number of phenolic OH excluding ortho intramolecular Hbond substituents is 1. The van der Waals surface area contributed by atoms with Crippen LogP contribution in [0.5, 0.6) is 5.75 Å². The highest BCUT2D eigenvalue weighted by Gasteiger charge is 2.05. The lowest BCUT2D eigenvalue weighted by Crippen LogP contribution is -1.91. The number of para-hydroxylation sites is 1. The van der Waals surface area contributed by atoms with Crippen LogP contribution in [0, 0.1) is 6.07 Å². The minimum Gasteiger partial charge on any atom is -0.506 e. The van der Waals surface area contributed by atoms with E-state index in [1.54, 1.807) is 18.2 Å². The van der Waals surface area contributed by atoms with Gasteiger partial charge in [-0.05, 0) is 35.7 Å². The van der Waals surface area contributed by atoms with Gasteiger partial charge in [-0.15, -0.1) is 0 Å². The van der Waals surface area contributed by atoms with Gasteiger partial charge >= 0.3 is 0 Å². The van der Waals surface area contributed by atoms with Crippen molar-refractivity contribution in [3.05, 3.63) is 60.8 Å². The van der Waals surface area contributed by atoms with Crippen molar-refractivity contribution in [2.24, 2.45) is 0 Å². The van der Waals surface area contributed by atoms with Crippen LogP contribution >= 0.6 is 0 Å². The molecule has 0 aliphatic carbocycles. The standard InChI is InChI=1S/C14H10NO/c16-14-8-4-3-7-13(14)15-10-9-11-5-1-2-6-12(11)15/h1-2,4-10,16H. The fraction of sp³-hybridized carbons (Fsp3) is 0. The van der Waals surface area contributed by atoms with E-state index in [1.165, 1.54) is 0 Å². The third-order valence-electron chi connectivity index (χ3n) is 2.68. The van der Waals surface area contributed by atoms with Gasteiger partial charge in [0.1, 0.15) is 5.75 Å². The van der Waals surface area contributed by atoms with Gasteiger partial charge in [-0.1, -0.05) is 24.3 Å². The first-order chi connectivity index (χ1) is 7.86. The Bertz CT molecular complexity index is 640. The molecule has 2 nitrogen and oxygen atoms in total. The Kier molecular flexibility index (Phi) is 1.93. The summed E-state index contributed by atoms with van der Waals surface area (Å²) in [4.78, 5) is 0. The monoisotopic (exact) mass is 208 g/mol. The molecule has 0 saturated carbocycles. The summed E-state index contributed by atoms with van der Waals surface area (Å²) < 4.78 is 1.96. The molecule has 0 atom stereocenters. The fourth-order valence-corrected chi connectivity index (χ4v) is 1.90.